The second-order valence-electron chi connectivity index (χ2n) is 7.26. The number of likely N-dealkylation sites (N-methyl/N-ethyl adjacent to an activating group) is 1. The monoisotopic (exact) mass is 464 g/mol. The van der Waals surface area contributed by atoms with Gasteiger partial charge in [0.1, 0.15) is 5.82 Å². The van der Waals surface area contributed by atoms with Crippen molar-refractivity contribution in [2.45, 2.75) is 24.7 Å². The lowest BCUT2D eigenvalue weighted by atomic mass is 9.93. The van der Waals surface area contributed by atoms with E-state index in [-0.39, 0.29) is 31.6 Å². The van der Waals surface area contributed by atoms with Crippen LogP contribution in [0, 0.1) is 5.82 Å². The summed E-state index contributed by atoms with van der Waals surface area (Å²) in [5.41, 5.74) is -0.172. The number of halogens is 6. The van der Waals surface area contributed by atoms with E-state index in [1.54, 1.807) is 30.1 Å². The molecule has 1 N–H and O–H groups in total. The van der Waals surface area contributed by atoms with Gasteiger partial charge >= 0.3 is 12.3 Å². The number of hydrogen-bond donors (Lipinski definition) is 1. The molecule has 0 radical (unpaired) electrons. The average Bonchev–Trinajstić information content (AvgIpc) is 3.09. The molecule has 30 heavy (non-hydrogen) atoms. The van der Waals surface area contributed by atoms with Gasteiger partial charge in [0.15, 0.2) is 0 Å². The van der Waals surface area contributed by atoms with E-state index in [1.807, 2.05) is 0 Å². The van der Waals surface area contributed by atoms with Crippen LogP contribution in [0.25, 0.3) is 0 Å². The molecule has 0 saturated carbocycles. The molecule has 1 heterocycles. The van der Waals surface area contributed by atoms with E-state index in [4.69, 9.17) is 23.2 Å². The van der Waals surface area contributed by atoms with E-state index in [0.29, 0.717) is 21.7 Å². The highest BCUT2D eigenvalue weighted by Crippen LogP contribution is 2.35. The van der Waals surface area contributed by atoms with Crippen molar-refractivity contribution < 1.29 is 27.5 Å². The standard InChI is InChI=1S/C20H18Cl2F4N2O2/c1-27(8-11-2-4-14(17(23)6-11)20(24,25)26)18-10-28(19(29)30)9-13(18)12-3-5-15(21)16(22)7-12/h2-7,13,18H,8-10H2,1H3,(H,29,30)/t13-,18-/m1/s1. The van der Waals surface area contributed by atoms with Gasteiger partial charge < -0.3 is 10.0 Å². The van der Waals surface area contributed by atoms with Gasteiger partial charge in [0.05, 0.1) is 15.6 Å². The normalized spacial score (nSPS) is 19.5. The predicted molar refractivity (Wildman–Crippen MR) is 105 cm³/mol. The molecule has 0 aromatic heterocycles. The summed E-state index contributed by atoms with van der Waals surface area (Å²) in [6, 6.07) is 7.58. The van der Waals surface area contributed by atoms with Crippen molar-refractivity contribution in [1.29, 1.82) is 0 Å². The number of carbonyl (C=O) groups is 1. The Bertz CT molecular complexity index is 955. The van der Waals surface area contributed by atoms with Gasteiger partial charge in [-0.1, -0.05) is 35.3 Å². The quantitative estimate of drug-likeness (QED) is 0.587. The Balaban J connectivity index is 1.84. The maximum absolute atomic E-state index is 13.9. The van der Waals surface area contributed by atoms with Crippen LogP contribution in [-0.2, 0) is 12.7 Å². The third-order valence-electron chi connectivity index (χ3n) is 5.27. The molecule has 10 heteroatoms. The molecular weight excluding hydrogens is 447 g/mol. The SMILES string of the molecule is CN(Cc1ccc(C(F)(F)F)c(F)c1)[C@@H]1CN(C(=O)O)C[C@@H]1c1ccc(Cl)c(Cl)c1. The van der Waals surface area contributed by atoms with Gasteiger partial charge in [0, 0.05) is 31.6 Å². The molecular formula is C20H18Cl2F4N2O2. The number of amides is 1. The number of likely N-dealkylation sites (tertiary alicyclic amines) is 1. The van der Waals surface area contributed by atoms with Gasteiger partial charge in [-0.05, 0) is 42.4 Å². The average molecular weight is 465 g/mol. The molecule has 1 fully saturated rings. The first kappa shape index (κ1) is 22.7. The lowest BCUT2D eigenvalue weighted by molar-refractivity contribution is -0.140. The molecule has 2 atom stereocenters. The van der Waals surface area contributed by atoms with Gasteiger partial charge in [0.2, 0.25) is 0 Å². The zero-order chi connectivity index (χ0) is 22.2. The molecule has 0 unspecified atom stereocenters. The summed E-state index contributed by atoms with van der Waals surface area (Å²) in [5.74, 6) is -1.58. The summed E-state index contributed by atoms with van der Waals surface area (Å²) in [7, 11) is 1.72. The first-order chi connectivity index (χ1) is 14.0. The molecule has 0 aliphatic carbocycles. The van der Waals surface area contributed by atoms with Crippen LogP contribution in [0.1, 0.15) is 22.6 Å². The number of rotatable bonds is 4. The van der Waals surface area contributed by atoms with Crippen LogP contribution in [0.5, 0.6) is 0 Å². The fourth-order valence-corrected chi connectivity index (χ4v) is 4.06. The van der Waals surface area contributed by atoms with Crippen molar-refractivity contribution in [2.24, 2.45) is 0 Å². The lowest BCUT2D eigenvalue weighted by Crippen LogP contribution is -2.37. The van der Waals surface area contributed by atoms with Crippen molar-refractivity contribution >= 4 is 29.3 Å². The molecule has 1 saturated heterocycles. The lowest BCUT2D eigenvalue weighted by Gasteiger charge is -2.29. The Hall–Kier alpha value is -2.03. The third kappa shape index (κ3) is 4.82. The maximum Gasteiger partial charge on any atom is 0.419 e. The van der Waals surface area contributed by atoms with Crippen LogP contribution in [0.4, 0.5) is 22.4 Å². The van der Waals surface area contributed by atoms with E-state index in [9.17, 15) is 27.5 Å². The van der Waals surface area contributed by atoms with E-state index in [2.05, 4.69) is 0 Å². The van der Waals surface area contributed by atoms with Crippen molar-refractivity contribution in [1.82, 2.24) is 9.80 Å². The van der Waals surface area contributed by atoms with Crippen LogP contribution in [-0.4, -0.2) is 47.2 Å². The zero-order valence-corrected chi connectivity index (χ0v) is 17.3. The summed E-state index contributed by atoms with van der Waals surface area (Å²) >= 11 is 12.1. The van der Waals surface area contributed by atoms with Crippen molar-refractivity contribution in [2.75, 3.05) is 20.1 Å². The Morgan fingerprint density at radius 3 is 2.43 bits per heavy atom. The molecule has 4 nitrogen and oxygen atoms in total. The second-order valence-corrected chi connectivity index (χ2v) is 8.08. The molecule has 1 aliphatic heterocycles. The number of nitrogens with zero attached hydrogens (tertiary/aromatic N) is 2. The number of alkyl halides is 3. The molecule has 2 aromatic carbocycles. The smallest absolute Gasteiger partial charge is 0.419 e. The van der Waals surface area contributed by atoms with Gasteiger partial charge in [-0.25, -0.2) is 9.18 Å². The predicted octanol–water partition coefficient (Wildman–Crippen LogP) is 5.73. The Morgan fingerprint density at radius 1 is 1.17 bits per heavy atom. The summed E-state index contributed by atoms with van der Waals surface area (Å²) in [5, 5.41) is 10.1. The van der Waals surface area contributed by atoms with Crippen LogP contribution in [0.3, 0.4) is 0 Å². The highest BCUT2D eigenvalue weighted by atomic mass is 35.5. The second kappa shape index (κ2) is 8.61. The Morgan fingerprint density at radius 2 is 1.87 bits per heavy atom. The van der Waals surface area contributed by atoms with Crippen molar-refractivity contribution in [3.8, 4) is 0 Å². The first-order valence-electron chi connectivity index (χ1n) is 8.96. The maximum atomic E-state index is 13.9. The molecule has 162 valence electrons. The largest absolute Gasteiger partial charge is 0.465 e. The number of benzene rings is 2. The minimum absolute atomic E-state index is 0.144. The van der Waals surface area contributed by atoms with Crippen molar-refractivity contribution in [3.05, 3.63) is 69.0 Å². The first-order valence-corrected chi connectivity index (χ1v) is 9.71. The van der Waals surface area contributed by atoms with Gasteiger partial charge in [-0.2, -0.15) is 13.2 Å². The molecule has 1 amide bonds. The molecule has 3 rings (SSSR count). The highest BCUT2D eigenvalue weighted by molar-refractivity contribution is 6.42. The van der Waals surface area contributed by atoms with Crippen LogP contribution < -0.4 is 0 Å². The number of carboxylic acid groups (broad SMARTS) is 1. The summed E-state index contributed by atoms with van der Waals surface area (Å²) < 4.78 is 52.2. The summed E-state index contributed by atoms with van der Waals surface area (Å²) in [6.07, 6.45) is -5.84. The fourth-order valence-electron chi connectivity index (χ4n) is 3.75. The molecule has 0 spiro atoms. The minimum Gasteiger partial charge on any atom is -0.465 e. The minimum atomic E-state index is -4.76. The number of hydrogen-bond acceptors (Lipinski definition) is 2. The zero-order valence-electron chi connectivity index (χ0n) is 15.8. The summed E-state index contributed by atoms with van der Waals surface area (Å²) in [6.45, 7) is 0.564. The third-order valence-corrected chi connectivity index (χ3v) is 6.01. The Labute approximate surface area is 180 Å². The van der Waals surface area contributed by atoms with E-state index in [0.717, 1.165) is 11.6 Å². The van der Waals surface area contributed by atoms with E-state index < -0.39 is 23.7 Å². The molecule has 1 aliphatic rings. The topological polar surface area (TPSA) is 43.8 Å². The van der Waals surface area contributed by atoms with Crippen LogP contribution in [0.15, 0.2) is 36.4 Å². The van der Waals surface area contributed by atoms with Crippen molar-refractivity contribution in [3.63, 3.8) is 0 Å². The fraction of sp³-hybridized carbons (Fsp3) is 0.350. The molecule has 0 bridgehead atoms. The van der Waals surface area contributed by atoms with Crippen LogP contribution in [0.2, 0.25) is 10.0 Å². The van der Waals surface area contributed by atoms with E-state index >= 15 is 0 Å². The van der Waals surface area contributed by atoms with Gasteiger partial charge in [0.25, 0.3) is 0 Å². The van der Waals surface area contributed by atoms with Gasteiger partial charge in [-0.3, -0.25) is 4.90 Å². The van der Waals surface area contributed by atoms with E-state index in [1.165, 1.54) is 11.0 Å². The molecule has 2 aromatic rings. The van der Waals surface area contributed by atoms with Crippen LogP contribution >= 0.6 is 23.2 Å². The highest BCUT2D eigenvalue weighted by Gasteiger charge is 2.39. The van der Waals surface area contributed by atoms with Gasteiger partial charge in [-0.15, -0.1) is 0 Å². The summed E-state index contributed by atoms with van der Waals surface area (Å²) in [4.78, 5) is 14.6. The Kier molecular flexibility index (Phi) is 6.50.